The van der Waals surface area contributed by atoms with Crippen molar-refractivity contribution in [2.24, 2.45) is 11.8 Å². The Labute approximate surface area is 162 Å². The van der Waals surface area contributed by atoms with Gasteiger partial charge in [-0.3, -0.25) is 4.79 Å². The minimum Gasteiger partial charge on any atom is -0.475 e. The number of carboxylic acid groups (broad SMARTS) is 1. The van der Waals surface area contributed by atoms with Gasteiger partial charge in [-0.25, -0.2) is 4.79 Å². The number of likely N-dealkylation sites (tertiary alicyclic amines) is 1. The second-order valence-corrected chi connectivity index (χ2v) is 7.51. The van der Waals surface area contributed by atoms with Crippen molar-refractivity contribution in [3.63, 3.8) is 0 Å². The number of rotatable bonds is 6. The summed E-state index contributed by atoms with van der Waals surface area (Å²) in [6, 6.07) is 0.836. The molecule has 7 nitrogen and oxygen atoms in total. The lowest BCUT2D eigenvalue weighted by Gasteiger charge is -2.43. The zero-order chi connectivity index (χ0) is 20.7. The SMILES string of the molecule is COCCNC(=O)C[C@H]1OC[C@H]2CN(C3CCC3)CC[C@H]21.O=C(O)C(F)(F)F. The molecule has 0 aromatic heterocycles. The van der Waals surface area contributed by atoms with Crippen LogP contribution in [0.3, 0.4) is 0 Å². The maximum atomic E-state index is 11.9. The molecule has 1 aliphatic carbocycles. The molecule has 0 radical (unpaired) electrons. The molecule has 2 aliphatic heterocycles. The maximum absolute atomic E-state index is 11.9. The lowest BCUT2D eigenvalue weighted by Crippen LogP contribution is -2.49. The number of aliphatic carboxylic acids is 1. The largest absolute Gasteiger partial charge is 0.490 e. The van der Waals surface area contributed by atoms with Crippen molar-refractivity contribution in [1.29, 1.82) is 0 Å². The fraction of sp³-hybridized carbons (Fsp3) is 0.889. The smallest absolute Gasteiger partial charge is 0.475 e. The van der Waals surface area contributed by atoms with Gasteiger partial charge in [-0.15, -0.1) is 0 Å². The van der Waals surface area contributed by atoms with Crippen LogP contribution in [0.1, 0.15) is 32.1 Å². The fourth-order valence-electron chi connectivity index (χ4n) is 3.96. The van der Waals surface area contributed by atoms with Gasteiger partial charge in [-0.2, -0.15) is 13.2 Å². The van der Waals surface area contributed by atoms with Crippen LogP contribution in [0.15, 0.2) is 0 Å². The minimum absolute atomic E-state index is 0.0964. The summed E-state index contributed by atoms with van der Waals surface area (Å²) in [7, 11) is 1.65. The van der Waals surface area contributed by atoms with Crippen LogP contribution in [0.25, 0.3) is 0 Å². The van der Waals surface area contributed by atoms with Gasteiger partial charge in [0.1, 0.15) is 0 Å². The highest BCUT2D eigenvalue weighted by molar-refractivity contribution is 5.76. The lowest BCUT2D eigenvalue weighted by atomic mass is 9.80. The van der Waals surface area contributed by atoms with Crippen LogP contribution in [-0.4, -0.2) is 80.2 Å². The molecule has 2 heterocycles. The summed E-state index contributed by atoms with van der Waals surface area (Å²) < 4.78 is 42.6. The van der Waals surface area contributed by atoms with Gasteiger partial charge in [0.2, 0.25) is 5.91 Å². The number of ether oxygens (including phenoxy) is 2. The Morgan fingerprint density at radius 1 is 1.29 bits per heavy atom. The number of carbonyl (C=O) groups is 2. The summed E-state index contributed by atoms with van der Waals surface area (Å²) >= 11 is 0. The van der Waals surface area contributed by atoms with Gasteiger partial charge in [0.15, 0.2) is 0 Å². The highest BCUT2D eigenvalue weighted by Crippen LogP contribution is 2.38. The molecule has 1 saturated carbocycles. The predicted molar refractivity (Wildman–Crippen MR) is 93.7 cm³/mol. The van der Waals surface area contributed by atoms with E-state index in [-0.39, 0.29) is 12.0 Å². The van der Waals surface area contributed by atoms with Gasteiger partial charge < -0.3 is 24.8 Å². The number of hydrogen-bond donors (Lipinski definition) is 2. The topological polar surface area (TPSA) is 88.1 Å². The number of amides is 1. The van der Waals surface area contributed by atoms with Crippen LogP contribution in [-0.2, 0) is 19.1 Å². The van der Waals surface area contributed by atoms with E-state index in [0.29, 0.717) is 31.4 Å². The molecule has 0 spiro atoms. The van der Waals surface area contributed by atoms with Crippen molar-refractivity contribution in [2.45, 2.75) is 50.4 Å². The molecule has 1 amide bonds. The van der Waals surface area contributed by atoms with Gasteiger partial charge >= 0.3 is 12.1 Å². The minimum atomic E-state index is -5.08. The van der Waals surface area contributed by atoms with E-state index in [9.17, 15) is 18.0 Å². The molecular weight excluding hydrogens is 381 g/mol. The zero-order valence-electron chi connectivity index (χ0n) is 16.0. The number of carbonyl (C=O) groups excluding carboxylic acids is 1. The Bertz CT molecular complexity index is 528. The Morgan fingerprint density at radius 3 is 2.50 bits per heavy atom. The fourth-order valence-corrected chi connectivity index (χ4v) is 3.96. The lowest BCUT2D eigenvalue weighted by molar-refractivity contribution is -0.192. The molecule has 10 heteroatoms. The van der Waals surface area contributed by atoms with Crippen LogP contribution in [0.5, 0.6) is 0 Å². The third kappa shape index (κ3) is 6.59. The standard InChI is InChI=1S/C16H28N2O3.C2HF3O2/c1-20-8-6-17-16(19)9-15-14-5-7-18(13-3-2-4-13)10-12(14)11-21-15;3-2(4,5)1(6)7/h12-15H,2-11H2,1H3,(H,17,19);(H,6,7)/t12-,14-,15-;/m1./s1. The van der Waals surface area contributed by atoms with E-state index in [4.69, 9.17) is 19.4 Å². The molecule has 0 aromatic rings. The quantitative estimate of drug-likeness (QED) is 0.648. The number of fused-ring (bicyclic) bond motifs is 1. The van der Waals surface area contributed by atoms with Gasteiger partial charge in [-0.05, 0) is 31.7 Å². The van der Waals surface area contributed by atoms with Crippen molar-refractivity contribution in [3.05, 3.63) is 0 Å². The average molecular weight is 410 g/mol. The molecule has 3 rings (SSSR count). The second-order valence-electron chi connectivity index (χ2n) is 7.51. The van der Waals surface area contributed by atoms with Crippen molar-refractivity contribution >= 4 is 11.9 Å². The summed E-state index contributed by atoms with van der Waals surface area (Å²) in [6.45, 7) is 4.36. The number of hydrogen-bond acceptors (Lipinski definition) is 5. The number of nitrogens with one attached hydrogen (secondary N) is 1. The summed E-state index contributed by atoms with van der Waals surface area (Å²) in [6.07, 6.45) is 0.899. The summed E-state index contributed by atoms with van der Waals surface area (Å²) in [5, 5.41) is 10.0. The monoisotopic (exact) mass is 410 g/mol. The Balaban J connectivity index is 0.000000345. The van der Waals surface area contributed by atoms with Crippen molar-refractivity contribution < 1.29 is 37.3 Å². The molecule has 28 heavy (non-hydrogen) atoms. The first-order valence-corrected chi connectivity index (χ1v) is 9.63. The molecule has 2 N–H and O–H groups in total. The van der Waals surface area contributed by atoms with E-state index in [1.165, 1.54) is 38.8 Å². The highest BCUT2D eigenvalue weighted by atomic mass is 19.4. The van der Waals surface area contributed by atoms with Crippen LogP contribution in [0.4, 0.5) is 13.2 Å². The first-order chi connectivity index (χ1) is 13.2. The molecule has 2 saturated heterocycles. The number of methoxy groups -OCH3 is 1. The van der Waals surface area contributed by atoms with E-state index in [1.807, 2.05) is 0 Å². The summed E-state index contributed by atoms with van der Waals surface area (Å²) in [5.41, 5.74) is 0. The number of carboxylic acids is 1. The molecule has 3 fully saturated rings. The Morgan fingerprint density at radius 2 is 1.96 bits per heavy atom. The predicted octanol–water partition coefficient (Wildman–Crippen LogP) is 1.66. The Hall–Kier alpha value is -1.39. The summed E-state index contributed by atoms with van der Waals surface area (Å²) in [4.78, 5) is 23.5. The molecule has 0 unspecified atom stereocenters. The van der Waals surface area contributed by atoms with E-state index >= 15 is 0 Å². The molecule has 162 valence electrons. The van der Waals surface area contributed by atoms with Crippen molar-refractivity contribution in [1.82, 2.24) is 10.2 Å². The van der Waals surface area contributed by atoms with Crippen LogP contribution in [0.2, 0.25) is 0 Å². The zero-order valence-corrected chi connectivity index (χ0v) is 16.0. The first-order valence-electron chi connectivity index (χ1n) is 9.63. The number of halogens is 3. The van der Waals surface area contributed by atoms with E-state index in [1.54, 1.807) is 7.11 Å². The molecule has 0 bridgehead atoms. The molecule has 3 atom stereocenters. The Kier molecular flexibility index (Phi) is 8.51. The molecule has 0 aromatic carbocycles. The van der Waals surface area contributed by atoms with E-state index in [2.05, 4.69) is 10.2 Å². The van der Waals surface area contributed by atoms with Gasteiger partial charge in [0.25, 0.3) is 0 Å². The van der Waals surface area contributed by atoms with E-state index in [0.717, 1.165) is 12.6 Å². The maximum Gasteiger partial charge on any atom is 0.490 e. The molecule has 3 aliphatic rings. The average Bonchev–Trinajstić information content (AvgIpc) is 2.95. The van der Waals surface area contributed by atoms with Crippen molar-refractivity contribution in [2.75, 3.05) is 40.0 Å². The van der Waals surface area contributed by atoms with Crippen LogP contribution >= 0.6 is 0 Å². The van der Waals surface area contributed by atoms with Gasteiger partial charge in [-0.1, -0.05) is 6.42 Å². The number of nitrogens with zero attached hydrogens (tertiary/aromatic N) is 1. The van der Waals surface area contributed by atoms with Gasteiger partial charge in [0, 0.05) is 32.2 Å². The normalized spacial score (nSPS) is 27.9. The van der Waals surface area contributed by atoms with E-state index < -0.39 is 12.1 Å². The number of alkyl halides is 3. The first kappa shape index (κ1) is 22.9. The van der Waals surface area contributed by atoms with Gasteiger partial charge in [0.05, 0.1) is 25.7 Å². The van der Waals surface area contributed by atoms with Crippen molar-refractivity contribution in [3.8, 4) is 0 Å². The second kappa shape index (κ2) is 10.4. The molecular formula is C18H29F3N2O5. The third-order valence-corrected chi connectivity index (χ3v) is 5.67. The third-order valence-electron chi connectivity index (χ3n) is 5.67. The number of piperidine rings is 1. The summed E-state index contributed by atoms with van der Waals surface area (Å²) in [5.74, 6) is -1.45. The highest BCUT2D eigenvalue weighted by Gasteiger charge is 2.43. The van der Waals surface area contributed by atoms with Crippen LogP contribution < -0.4 is 5.32 Å². The van der Waals surface area contributed by atoms with Crippen LogP contribution in [0, 0.1) is 11.8 Å².